The van der Waals surface area contributed by atoms with Crippen LogP contribution in [-0.2, 0) is 9.16 Å². The molecule has 2 fully saturated rings. The van der Waals surface area contributed by atoms with Crippen molar-refractivity contribution in [2.75, 3.05) is 0 Å². The van der Waals surface area contributed by atoms with E-state index in [1.54, 1.807) is 11.3 Å². The molecule has 1 saturated carbocycles. The van der Waals surface area contributed by atoms with Crippen LogP contribution in [0.4, 0.5) is 0 Å². The smallest absolute Gasteiger partial charge is 0.262 e. The molecule has 0 spiro atoms. The summed E-state index contributed by atoms with van der Waals surface area (Å²) in [6.45, 7) is 6.90. The molecule has 0 bridgehead atoms. The number of ether oxygens (including phenoxy) is 1. The van der Waals surface area contributed by atoms with Gasteiger partial charge in [-0.15, -0.1) is 11.3 Å². The third kappa shape index (κ3) is 5.02. The minimum atomic E-state index is -2.85. The van der Waals surface area contributed by atoms with Gasteiger partial charge in [-0.3, -0.25) is 0 Å². The van der Waals surface area contributed by atoms with Crippen molar-refractivity contribution in [1.82, 2.24) is 0 Å². The molecule has 1 unspecified atom stereocenters. The van der Waals surface area contributed by atoms with Crippen molar-refractivity contribution < 1.29 is 19.4 Å². The number of rotatable bonds is 7. The Hall–Kier alpha value is -2.58. The van der Waals surface area contributed by atoms with Crippen LogP contribution >= 0.6 is 11.3 Å². The van der Waals surface area contributed by atoms with Crippen LogP contribution in [-0.4, -0.2) is 37.0 Å². The number of benzene rings is 3. The van der Waals surface area contributed by atoms with Gasteiger partial charge < -0.3 is 19.4 Å². The minimum Gasteiger partial charge on any atom is -0.396 e. The number of thiophene rings is 1. The van der Waals surface area contributed by atoms with Crippen molar-refractivity contribution >= 4 is 40.1 Å². The monoisotopic (exact) mass is 570 g/mol. The van der Waals surface area contributed by atoms with E-state index in [1.165, 1.54) is 20.5 Å². The van der Waals surface area contributed by atoms with Gasteiger partial charge in [-0.2, -0.15) is 0 Å². The predicted octanol–water partition coefficient (Wildman–Crippen LogP) is 6.18. The molecule has 6 heteroatoms. The zero-order valence-corrected chi connectivity index (χ0v) is 25.1. The minimum absolute atomic E-state index is 0.0817. The predicted molar refractivity (Wildman–Crippen MR) is 166 cm³/mol. The number of fused-ring (bicyclic) bond motifs is 2. The van der Waals surface area contributed by atoms with Crippen molar-refractivity contribution in [1.29, 1.82) is 0 Å². The lowest BCUT2D eigenvalue weighted by atomic mass is 9.91. The standard InChI is InChI=1S/C34H38O4SSi/c1-34(2,3)40(24-13-6-4-7-14-24,25-15-8-5-9-16-25)38-29(32-20-23-12-10-11-17-31(23)39-32)19-18-26-27-21-33(36)37-30(27)22-28(26)35/h4-20,26-30,33,35-36H,21-22H2,1-3H3/t26-,27-,28-,29-,30+,33?/m1/s1. The summed E-state index contributed by atoms with van der Waals surface area (Å²) in [4.78, 5) is 1.15. The Morgan fingerprint density at radius 1 is 0.900 bits per heavy atom. The lowest BCUT2D eigenvalue weighted by Gasteiger charge is -2.44. The second-order valence-electron chi connectivity index (χ2n) is 12.2. The Bertz CT molecular complexity index is 1390. The average Bonchev–Trinajstić information content (AvgIpc) is 3.61. The number of aliphatic hydroxyl groups is 2. The van der Waals surface area contributed by atoms with Gasteiger partial charge in [0.05, 0.1) is 18.3 Å². The van der Waals surface area contributed by atoms with Crippen molar-refractivity contribution in [3.8, 4) is 0 Å². The van der Waals surface area contributed by atoms with Crippen LogP contribution in [0.15, 0.2) is 103 Å². The lowest BCUT2D eigenvalue weighted by Crippen LogP contribution is -2.66. The van der Waals surface area contributed by atoms with E-state index in [4.69, 9.17) is 9.16 Å². The normalized spacial score (nSPS) is 26.0. The molecule has 208 valence electrons. The summed E-state index contributed by atoms with van der Waals surface area (Å²) < 4.78 is 14.5. The summed E-state index contributed by atoms with van der Waals surface area (Å²) in [6.07, 6.45) is 3.79. The molecule has 1 saturated heterocycles. The van der Waals surface area contributed by atoms with Crippen molar-refractivity contribution in [3.05, 3.63) is 108 Å². The molecule has 0 amide bonds. The molecule has 1 aromatic heterocycles. The molecule has 4 nitrogen and oxygen atoms in total. The SMILES string of the molecule is CC(C)(C)[Si](O[C@H](C=C[C@@H]1[C@H]2CC(O)O[C@H]2C[C@H]1O)c1cc2ccccc2s1)(c1ccccc1)c1ccccc1. The molecule has 2 heterocycles. The van der Waals surface area contributed by atoms with Gasteiger partial charge in [-0.1, -0.05) is 112 Å². The Morgan fingerprint density at radius 2 is 1.52 bits per heavy atom. The summed E-state index contributed by atoms with van der Waals surface area (Å²) in [6, 6.07) is 32.2. The maximum absolute atomic E-state index is 11.0. The quantitative estimate of drug-likeness (QED) is 0.206. The van der Waals surface area contributed by atoms with Gasteiger partial charge in [0, 0.05) is 28.3 Å². The first kappa shape index (κ1) is 27.6. The van der Waals surface area contributed by atoms with Crippen LogP contribution in [0.2, 0.25) is 5.04 Å². The van der Waals surface area contributed by atoms with E-state index in [-0.39, 0.29) is 29.1 Å². The van der Waals surface area contributed by atoms with Gasteiger partial charge in [0.2, 0.25) is 0 Å². The maximum atomic E-state index is 11.0. The Morgan fingerprint density at radius 3 is 2.15 bits per heavy atom. The fourth-order valence-corrected chi connectivity index (χ4v) is 12.5. The Kier molecular flexibility index (Phi) is 7.59. The van der Waals surface area contributed by atoms with Crippen LogP contribution in [0.5, 0.6) is 0 Å². The summed E-state index contributed by atoms with van der Waals surface area (Å²) in [5, 5.41) is 24.6. The van der Waals surface area contributed by atoms with E-state index in [1.807, 2.05) is 0 Å². The molecule has 1 aliphatic heterocycles. The van der Waals surface area contributed by atoms with Crippen molar-refractivity contribution in [3.63, 3.8) is 0 Å². The van der Waals surface area contributed by atoms with E-state index < -0.39 is 20.7 Å². The summed E-state index contributed by atoms with van der Waals surface area (Å²) in [5.41, 5.74) is 0. The van der Waals surface area contributed by atoms with E-state index >= 15 is 0 Å². The van der Waals surface area contributed by atoms with Gasteiger partial charge in [0.15, 0.2) is 6.29 Å². The zero-order valence-electron chi connectivity index (χ0n) is 23.3. The van der Waals surface area contributed by atoms with Crippen LogP contribution in [0.3, 0.4) is 0 Å². The van der Waals surface area contributed by atoms with E-state index in [0.717, 1.165) is 4.88 Å². The Balaban J connectivity index is 1.48. The van der Waals surface area contributed by atoms with Crippen molar-refractivity contribution in [2.45, 2.75) is 63.3 Å². The number of hydrogen-bond donors (Lipinski definition) is 2. The second-order valence-corrected chi connectivity index (χ2v) is 17.6. The maximum Gasteiger partial charge on any atom is 0.262 e. The zero-order chi connectivity index (χ0) is 27.9. The van der Waals surface area contributed by atoms with Crippen molar-refractivity contribution in [2.24, 2.45) is 11.8 Å². The van der Waals surface area contributed by atoms with Crippen LogP contribution in [0, 0.1) is 11.8 Å². The highest BCUT2D eigenvalue weighted by atomic mass is 32.1. The third-order valence-corrected chi connectivity index (χ3v) is 14.8. The molecule has 3 aromatic carbocycles. The van der Waals surface area contributed by atoms with Crippen LogP contribution in [0.1, 0.15) is 44.6 Å². The summed E-state index contributed by atoms with van der Waals surface area (Å²) >= 11 is 1.77. The topological polar surface area (TPSA) is 58.9 Å². The molecular formula is C34H38O4SSi. The number of hydrogen-bond acceptors (Lipinski definition) is 5. The molecule has 40 heavy (non-hydrogen) atoms. The molecule has 4 aromatic rings. The van der Waals surface area contributed by atoms with E-state index in [2.05, 4.69) is 124 Å². The third-order valence-electron chi connectivity index (χ3n) is 8.65. The number of aliphatic hydroxyl groups excluding tert-OH is 2. The van der Waals surface area contributed by atoms with Gasteiger partial charge >= 0.3 is 0 Å². The largest absolute Gasteiger partial charge is 0.396 e. The fourth-order valence-electron chi connectivity index (χ4n) is 6.78. The van der Waals surface area contributed by atoms with Gasteiger partial charge in [-0.25, -0.2) is 0 Å². The summed E-state index contributed by atoms with van der Waals surface area (Å²) in [7, 11) is -2.85. The molecule has 6 atom stereocenters. The molecule has 2 aliphatic rings. The highest BCUT2D eigenvalue weighted by molar-refractivity contribution is 7.19. The van der Waals surface area contributed by atoms with Gasteiger partial charge in [0.25, 0.3) is 8.32 Å². The summed E-state index contributed by atoms with van der Waals surface area (Å²) in [5.74, 6) is 0.0268. The average molecular weight is 571 g/mol. The molecular weight excluding hydrogens is 533 g/mol. The molecule has 2 N–H and O–H groups in total. The fraction of sp³-hybridized carbons (Fsp3) is 0.353. The molecule has 0 radical (unpaired) electrons. The first-order chi connectivity index (χ1) is 19.3. The highest BCUT2D eigenvalue weighted by Crippen LogP contribution is 2.45. The Labute approximate surface area is 242 Å². The first-order valence-electron chi connectivity index (χ1n) is 14.2. The van der Waals surface area contributed by atoms with Crippen LogP contribution < -0.4 is 10.4 Å². The first-order valence-corrected chi connectivity index (χ1v) is 17.0. The second kappa shape index (κ2) is 11.0. The van der Waals surface area contributed by atoms with E-state index in [0.29, 0.717) is 12.8 Å². The lowest BCUT2D eigenvalue weighted by molar-refractivity contribution is -0.0949. The highest BCUT2D eigenvalue weighted by Gasteiger charge is 2.52. The van der Waals surface area contributed by atoms with Gasteiger partial charge in [-0.05, 0) is 38.8 Å². The molecule has 1 aliphatic carbocycles. The molecule has 6 rings (SSSR count). The van der Waals surface area contributed by atoms with Crippen LogP contribution in [0.25, 0.3) is 10.1 Å². The van der Waals surface area contributed by atoms with E-state index in [9.17, 15) is 10.2 Å². The van der Waals surface area contributed by atoms with Gasteiger partial charge in [0.1, 0.15) is 0 Å².